The fourth-order valence-electron chi connectivity index (χ4n) is 5.70. The minimum atomic E-state index is -0.516. The van der Waals surface area contributed by atoms with E-state index in [1.807, 2.05) is 4.90 Å². The van der Waals surface area contributed by atoms with Crippen LogP contribution in [0.25, 0.3) is 0 Å². The molecule has 1 unspecified atom stereocenters. The number of rotatable bonds is 5. The Kier molecular flexibility index (Phi) is 6.16. The van der Waals surface area contributed by atoms with E-state index in [9.17, 15) is 14.4 Å². The number of nitrogens with one attached hydrogen (secondary N) is 1. The number of aliphatic imine (C=N–C) groups is 2. The molecule has 1 aromatic heterocycles. The zero-order valence-corrected chi connectivity index (χ0v) is 21.4. The highest BCUT2D eigenvalue weighted by Crippen LogP contribution is 2.40. The molecule has 198 valence electrons. The summed E-state index contributed by atoms with van der Waals surface area (Å²) in [7, 11) is 1.29. The molecular formula is C28H28N7O4+. The Morgan fingerprint density at radius 3 is 2.74 bits per heavy atom. The molecule has 1 aromatic carbocycles. The highest BCUT2D eigenvalue weighted by atomic mass is 16.5. The van der Waals surface area contributed by atoms with E-state index >= 15 is 0 Å². The number of carbonyl (C=O) groups is 3. The van der Waals surface area contributed by atoms with Crippen molar-refractivity contribution in [2.45, 2.75) is 31.7 Å². The highest BCUT2D eigenvalue weighted by Gasteiger charge is 2.47. The molecule has 4 aliphatic rings. The standard InChI is InChI=1S/C28H27N7O4/c1-39-28(38)19-10-11-31-23(14-19)32-27(37)18-4-2-17(3-5-18)26-33-25(22-15-30-12-13-35(22,26)29)20-6-7-21-8-9-24(36)34(21)16-20/h2-5,10-15,20-21H,6-9,16,29H2,1H3/p+1/t20-,21+,35?/m1/s1. The molecular weight excluding hydrogens is 498 g/mol. The molecule has 0 spiro atoms. The van der Waals surface area contributed by atoms with Crippen molar-refractivity contribution in [3.05, 3.63) is 83.1 Å². The van der Waals surface area contributed by atoms with Crippen LogP contribution in [0.5, 0.6) is 0 Å². The van der Waals surface area contributed by atoms with E-state index in [2.05, 4.69) is 15.3 Å². The van der Waals surface area contributed by atoms with Crippen molar-refractivity contribution in [3.8, 4) is 0 Å². The lowest BCUT2D eigenvalue weighted by molar-refractivity contribution is -0.750. The first-order valence-corrected chi connectivity index (χ1v) is 12.8. The van der Waals surface area contributed by atoms with Crippen molar-refractivity contribution in [3.63, 3.8) is 0 Å². The third kappa shape index (κ3) is 4.35. The Balaban J connectivity index is 1.24. The van der Waals surface area contributed by atoms with E-state index in [0.717, 1.165) is 36.2 Å². The second-order valence-corrected chi connectivity index (χ2v) is 10.0. The molecule has 0 radical (unpaired) electrons. The van der Waals surface area contributed by atoms with Gasteiger partial charge in [0, 0.05) is 36.7 Å². The number of ether oxygens (including phenoxy) is 1. The van der Waals surface area contributed by atoms with Gasteiger partial charge in [0.1, 0.15) is 17.7 Å². The molecule has 0 bridgehead atoms. The van der Waals surface area contributed by atoms with Gasteiger partial charge in [0.2, 0.25) is 11.6 Å². The largest absolute Gasteiger partial charge is 0.465 e. The number of methoxy groups -OCH3 is 1. The first-order chi connectivity index (χ1) is 18.9. The van der Waals surface area contributed by atoms with E-state index < -0.39 is 5.97 Å². The number of allylic oxidation sites excluding steroid dienone is 1. The number of esters is 1. The van der Waals surface area contributed by atoms with Crippen LogP contribution in [0.4, 0.5) is 5.82 Å². The van der Waals surface area contributed by atoms with E-state index in [1.54, 1.807) is 42.9 Å². The molecule has 5 heterocycles. The molecule has 2 amide bonds. The van der Waals surface area contributed by atoms with Crippen molar-refractivity contribution < 1.29 is 23.7 Å². The Hall–Kier alpha value is -4.48. The zero-order valence-electron chi connectivity index (χ0n) is 21.4. The number of piperidine rings is 1. The summed E-state index contributed by atoms with van der Waals surface area (Å²) < 4.78 is 4.60. The van der Waals surface area contributed by atoms with Crippen LogP contribution in [0, 0.1) is 5.92 Å². The predicted molar refractivity (Wildman–Crippen MR) is 143 cm³/mol. The van der Waals surface area contributed by atoms with Crippen molar-refractivity contribution in [2.75, 3.05) is 19.0 Å². The van der Waals surface area contributed by atoms with Crippen LogP contribution in [-0.2, 0) is 9.53 Å². The minimum Gasteiger partial charge on any atom is -0.465 e. The van der Waals surface area contributed by atoms with Crippen LogP contribution >= 0.6 is 0 Å². The molecule has 0 aliphatic carbocycles. The normalized spacial score (nSPS) is 25.3. The number of pyridine rings is 1. The van der Waals surface area contributed by atoms with Crippen molar-refractivity contribution >= 4 is 35.7 Å². The number of quaternary nitrogens is 1. The third-order valence-electron chi connectivity index (χ3n) is 7.76. The summed E-state index contributed by atoms with van der Waals surface area (Å²) in [6.45, 7) is 0.640. The number of amidine groups is 1. The summed E-state index contributed by atoms with van der Waals surface area (Å²) >= 11 is 0. The zero-order chi connectivity index (χ0) is 27.1. The maximum absolute atomic E-state index is 12.9. The van der Waals surface area contributed by atoms with Gasteiger partial charge in [-0.1, -0.05) is 0 Å². The lowest BCUT2D eigenvalue weighted by atomic mass is 9.90. The Morgan fingerprint density at radius 1 is 1.13 bits per heavy atom. The van der Waals surface area contributed by atoms with E-state index in [4.69, 9.17) is 15.6 Å². The van der Waals surface area contributed by atoms with Crippen molar-refractivity contribution in [1.82, 2.24) is 9.88 Å². The maximum Gasteiger partial charge on any atom is 0.338 e. The van der Waals surface area contributed by atoms with Gasteiger partial charge in [0.05, 0.1) is 30.7 Å². The third-order valence-corrected chi connectivity index (χ3v) is 7.76. The fraction of sp³-hybridized carbons (Fsp3) is 0.286. The SMILES string of the molecule is COC(=O)c1ccnc(NC(=O)c2ccc(C3=NC([C@@H]4CC[C@H]5CCC(=O)N5C4)=C4C=NC=C[N+]34N)cc2)c1. The van der Waals surface area contributed by atoms with Gasteiger partial charge in [0.15, 0.2) is 0 Å². The number of hydrogen-bond acceptors (Lipinski definition) is 8. The Morgan fingerprint density at radius 2 is 1.95 bits per heavy atom. The topological polar surface area (TPSA) is 139 Å². The molecule has 11 nitrogen and oxygen atoms in total. The highest BCUT2D eigenvalue weighted by molar-refractivity contribution is 6.06. The van der Waals surface area contributed by atoms with Gasteiger partial charge >= 0.3 is 5.97 Å². The van der Waals surface area contributed by atoms with Gasteiger partial charge in [-0.2, -0.15) is 10.8 Å². The minimum absolute atomic E-state index is 0.0769. The summed E-state index contributed by atoms with van der Waals surface area (Å²) in [4.78, 5) is 52.5. The molecule has 2 saturated heterocycles. The van der Waals surface area contributed by atoms with Crippen molar-refractivity contribution in [2.24, 2.45) is 21.7 Å². The smallest absolute Gasteiger partial charge is 0.338 e. The number of benzene rings is 1. The molecule has 3 N–H and O–H groups in total. The molecule has 11 heteroatoms. The molecule has 4 aliphatic heterocycles. The molecule has 2 fully saturated rings. The van der Waals surface area contributed by atoms with Gasteiger partial charge in [-0.15, -0.1) is 4.59 Å². The van der Waals surface area contributed by atoms with E-state index in [1.165, 1.54) is 25.4 Å². The predicted octanol–water partition coefficient (Wildman–Crippen LogP) is 2.74. The van der Waals surface area contributed by atoms with Crippen molar-refractivity contribution in [1.29, 1.82) is 0 Å². The van der Waals surface area contributed by atoms with Crippen LogP contribution in [0.2, 0.25) is 0 Å². The fourth-order valence-corrected chi connectivity index (χ4v) is 5.70. The number of nitrogens with zero attached hydrogens (tertiary/aromatic N) is 5. The number of aromatic nitrogens is 1. The molecule has 3 atom stereocenters. The van der Waals surface area contributed by atoms with E-state index in [-0.39, 0.29) is 33.7 Å². The van der Waals surface area contributed by atoms with Crippen LogP contribution in [0.3, 0.4) is 0 Å². The Labute approximate surface area is 224 Å². The first-order valence-electron chi connectivity index (χ1n) is 12.8. The van der Waals surface area contributed by atoms with Gasteiger partial charge in [-0.25, -0.2) is 9.78 Å². The van der Waals surface area contributed by atoms with Gasteiger partial charge in [0.25, 0.3) is 11.7 Å². The summed E-state index contributed by atoms with van der Waals surface area (Å²) in [6.07, 6.45) is 10.1. The van der Waals surface area contributed by atoms with Crippen LogP contribution in [-0.4, -0.2) is 64.0 Å². The summed E-state index contributed by atoms with van der Waals surface area (Å²) in [5, 5.41) is 2.71. The molecule has 2 aromatic rings. The first kappa shape index (κ1) is 24.8. The summed E-state index contributed by atoms with van der Waals surface area (Å²) in [5.41, 5.74) is 3.10. The van der Waals surface area contributed by atoms with Crippen LogP contribution < -0.4 is 11.2 Å². The number of hydrogen-bond donors (Lipinski definition) is 2. The average Bonchev–Trinajstić information content (AvgIpc) is 3.49. The van der Waals surface area contributed by atoms with Gasteiger partial charge < -0.3 is 15.0 Å². The average molecular weight is 527 g/mol. The number of carbonyl (C=O) groups excluding carboxylic acids is 3. The van der Waals surface area contributed by atoms with Crippen LogP contribution in [0.15, 0.2) is 76.4 Å². The lowest BCUT2D eigenvalue weighted by Crippen LogP contribution is -2.53. The second-order valence-electron chi connectivity index (χ2n) is 10.0. The number of anilines is 1. The maximum atomic E-state index is 12.9. The number of amides is 2. The number of fused-ring (bicyclic) bond motifs is 2. The van der Waals surface area contributed by atoms with Gasteiger partial charge in [-0.3, -0.25) is 14.6 Å². The van der Waals surface area contributed by atoms with Crippen LogP contribution in [0.1, 0.15) is 52.0 Å². The van der Waals surface area contributed by atoms with E-state index in [0.29, 0.717) is 30.4 Å². The lowest BCUT2D eigenvalue weighted by Gasteiger charge is -2.35. The summed E-state index contributed by atoms with van der Waals surface area (Å²) in [5.74, 6) is 7.14. The second kappa shape index (κ2) is 9.68. The summed E-state index contributed by atoms with van der Waals surface area (Å²) in [6, 6.07) is 10.3. The quantitative estimate of drug-likeness (QED) is 0.349. The van der Waals surface area contributed by atoms with Gasteiger partial charge in [-0.05, 0) is 55.7 Å². The molecule has 0 saturated carbocycles. The molecule has 39 heavy (non-hydrogen) atoms. The Bertz CT molecular complexity index is 1490. The monoisotopic (exact) mass is 526 g/mol. The molecule has 6 rings (SSSR count). The number of nitrogens with two attached hydrogens (primary N) is 1.